The fraction of sp³-hybridized carbons (Fsp3) is 0.350. The molecule has 4 heterocycles. The number of aromatic amines is 1. The molecular weight excluding hydrogens is 370 g/mol. The lowest BCUT2D eigenvalue weighted by molar-refractivity contribution is -0.146. The molecule has 2 unspecified atom stereocenters. The largest absolute Gasteiger partial charge is 0.383 e. The van der Waals surface area contributed by atoms with Crippen molar-refractivity contribution in [2.45, 2.75) is 32.7 Å². The first-order valence-corrected chi connectivity index (χ1v) is 9.56. The first-order valence-electron chi connectivity index (χ1n) is 9.56. The van der Waals surface area contributed by atoms with Crippen molar-refractivity contribution in [1.82, 2.24) is 25.1 Å². The minimum absolute atomic E-state index is 0.255. The monoisotopic (exact) mass is 393 g/mol. The van der Waals surface area contributed by atoms with Gasteiger partial charge in [0, 0.05) is 6.54 Å². The van der Waals surface area contributed by atoms with Crippen LogP contribution in [0, 0.1) is 12.8 Å². The number of piperidine rings is 1. The molecule has 0 aliphatic carbocycles. The molecule has 0 bridgehead atoms. The Bertz CT molecular complexity index is 1080. The summed E-state index contributed by atoms with van der Waals surface area (Å²) in [4.78, 5) is 36.0. The van der Waals surface area contributed by atoms with Gasteiger partial charge in [0.1, 0.15) is 11.3 Å². The summed E-state index contributed by atoms with van der Waals surface area (Å²) < 4.78 is 0. The van der Waals surface area contributed by atoms with E-state index < -0.39 is 11.8 Å². The summed E-state index contributed by atoms with van der Waals surface area (Å²) in [5.41, 5.74) is 9.22. The third kappa shape index (κ3) is 3.75. The van der Waals surface area contributed by atoms with Crippen LogP contribution in [0.1, 0.15) is 37.1 Å². The van der Waals surface area contributed by atoms with E-state index in [4.69, 9.17) is 5.73 Å². The number of nitrogens with zero attached hydrogens (tertiary/aromatic N) is 4. The number of hydrogen-bond donors (Lipinski definition) is 3. The zero-order chi connectivity index (χ0) is 20.5. The van der Waals surface area contributed by atoms with Gasteiger partial charge in [-0.2, -0.15) is 5.10 Å². The Hall–Kier alpha value is -3.49. The lowest BCUT2D eigenvalue weighted by atomic mass is 9.92. The highest BCUT2D eigenvalue weighted by Gasteiger charge is 2.35. The Kier molecular flexibility index (Phi) is 4.87. The van der Waals surface area contributed by atoms with Gasteiger partial charge in [-0.3, -0.25) is 14.7 Å². The van der Waals surface area contributed by atoms with Crippen LogP contribution >= 0.6 is 0 Å². The molecule has 4 rings (SSSR count). The standard InChI is InChI=1S/C20H23N7O2/c1-11-3-6-17(15-5-4-14-16(25-15)9-23-26-14)27(10-11)20(29)19(28)24-13-7-12(2)18(21)22-8-13/h4-5,7-9,11,17H,3,6,10H2,1-2H3,(H2,21,22)(H,23,26)(H,24,28). The maximum absolute atomic E-state index is 13.0. The predicted molar refractivity (Wildman–Crippen MR) is 109 cm³/mol. The minimum atomic E-state index is -0.695. The second kappa shape index (κ2) is 7.50. The number of H-pyrrole nitrogens is 1. The Morgan fingerprint density at radius 2 is 2.10 bits per heavy atom. The number of fused-ring (bicyclic) bond motifs is 1. The predicted octanol–water partition coefficient (Wildman–Crippen LogP) is 2.18. The number of hydrogen-bond acceptors (Lipinski definition) is 6. The van der Waals surface area contributed by atoms with Crippen molar-refractivity contribution < 1.29 is 9.59 Å². The van der Waals surface area contributed by atoms with Crippen LogP contribution in [-0.2, 0) is 9.59 Å². The van der Waals surface area contributed by atoms with Crippen LogP contribution in [0.2, 0.25) is 0 Å². The third-order valence-corrected chi connectivity index (χ3v) is 5.31. The number of carbonyl (C=O) groups excluding carboxylic acids is 2. The van der Waals surface area contributed by atoms with Gasteiger partial charge in [-0.25, -0.2) is 9.97 Å². The molecule has 3 aromatic heterocycles. The van der Waals surface area contributed by atoms with Crippen molar-refractivity contribution in [2.75, 3.05) is 17.6 Å². The van der Waals surface area contributed by atoms with Crippen molar-refractivity contribution in [3.63, 3.8) is 0 Å². The van der Waals surface area contributed by atoms with E-state index in [1.165, 1.54) is 6.20 Å². The van der Waals surface area contributed by atoms with E-state index in [0.717, 1.165) is 35.1 Å². The SMILES string of the molecule is Cc1cc(NC(=O)C(=O)N2CC(C)CCC2c2ccc3[nH]ncc3n2)cnc1N. The van der Waals surface area contributed by atoms with Gasteiger partial charge in [-0.1, -0.05) is 6.92 Å². The number of amides is 2. The number of nitrogen functional groups attached to an aromatic ring is 1. The van der Waals surface area contributed by atoms with E-state index in [1.54, 1.807) is 24.1 Å². The van der Waals surface area contributed by atoms with Crippen molar-refractivity contribution >= 4 is 34.4 Å². The lowest BCUT2D eigenvalue weighted by Crippen LogP contribution is -2.46. The number of rotatable bonds is 2. The minimum Gasteiger partial charge on any atom is -0.383 e. The first kappa shape index (κ1) is 18.9. The van der Waals surface area contributed by atoms with Crippen LogP contribution in [0.5, 0.6) is 0 Å². The van der Waals surface area contributed by atoms with Crippen LogP contribution in [0.25, 0.3) is 11.0 Å². The van der Waals surface area contributed by atoms with Gasteiger partial charge in [0.25, 0.3) is 0 Å². The highest BCUT2D eigenvalue weighted by atomic mass is 16.2. The van der Waals surface area contributed by atoms with Crippen LogP contribution in [-0.4, -0.2) is 43.4 Å². The van der Waals surface area contributed by atoms with Crippen LogP contribution in [0.3, 0.4) is 0 Å². The van der Waals surface area contributed by atoms with Crippen molar-refractivity contribution in [1.29, 1.82) is 0 Å². The van der Waals surface area contributed by atoms with E-state index in [9.17, 15) is 9.59 Å². The molecule has 1 saturated heterocycles. The number of carbonyl (C=O) groups is 2. The molecule has 2 atom stereocenters. The molecule has 0 spiro atoms. The molecule has 29 heavy (non-hydrogen) atoms. The van der Waals surface area contributed by atoms with Gasteiger partial charge in [-0.15, -0.1) is 0 Å². The van der Waals surface area contributed by atoms with Crippen LogP contribution in [0.4, 0.5) is 11.5 Å². The normalized spacial score (nSPS) is 19.3. The second-order valence-electron chi connectivity index (χ2n) is 7.58. The van der Waals surface area contributed by atoms with Gasteiger partial charge in [0.2, 0.25) is 0 Å². The maximum Gasteiger partial charge on any atom is 0.313 e. The maximum atomic E-state index is 13.0. The quantitative estimate of drug-likeness (QED) is 0.572. The number of pyridine rings is 2. The zero-order valence-electron chi connectivity index (χ0n) is 16.3. The van der Waals surface area contributed by atoms with Gasteiger partial charge in [0.05, 0.1) is 35.3 Å². The fourth-order valence-corrected chi connectivity index (χ4v) is 3.69. The molecule has 1 aliphatic heterocycles. The summed E-state index contributed by atoms with van der Waals surface area (Å²) in [7, 11) is 0. The van der Waals surface area contributed by atoms with Crippen LogP contribution < -0.4 is 11.1 Å². The molecular formula is C20H23N7O2. The number of nitrogens with two attached hydrogens (primary N) is 1. The molecule has 1 aliphatic rings. The topological polar surface area (TPSA) is 130 Å². The Morgan fingerprint density at radius 1 is 1.28 bits per heavy atom. The highest BCUT2D eigenvalue weighted by molar-refractivity contribution is 6.39. The zero-order valence-corrected chi connectivity index (χ0v) is 16.3. The fourth-order valence-electron chi connectivity index (χ4n) is 3.69. The molecule has 3 aromatic rings. The number of aryl methyl sites for hydroxylation is 1. The summed E-state index contributed by atoms with van der Waals surface area (Å²) in [6.45, 7) is 4.37. The van der Waals surface area contributed by atoms with E-state index in [2.05, 4.69) is 32.4 Å². The molecule has 9 heteroatoms. The van der Waals surface area contributed by atoms with Gasteiger partial charge >= 0.3 is 11.8 Å². The average Bonchev–Trinajstić information content (AvgIpc) is 3.18. The summed E-state index contributed by atoms with van der Waals surface area (Å²) in [5.74, 6) is -0.578. The highest BCUT2D eigenvalue weighted by Crippen LogP contribution is 2.33. The van der Waals surface area contributed by atoms with Crippen molar-refractivity contribution in [3.8, 4) is 0 Å². The smallest absolute Gasteiger partial charge is 0.313 e. The summed E-state index contributed by atoms with van der Waals surface area (Å²) in [6.07, 6.45) is 4.80. The van der Waals surface area contributed by atoms with Gasteiger partial charge in [-0.05, 0) is 49.4 Å². The molecule has 2 amide bonds. The molecule has 150 valence electrons. The Balaban J connectivity index is 1.57. The summed E-state index contributed by atoms with van der Waals surface area (Å²) >= 11 is 0. The third-order valence-electron chi connectivity index (χ3n) is 5.31. The number of nitrogens with one attached hydrogen (secondary N) is 2. The molecule has 9 nitrogen and oxygen atoms in total. The van der Waals surface area contributed by atoms with E-state index in [0.29, 0.717) is 24.0 Å². The molecule has 0 radical (unpaired) electrons. The first-order chi connectivity index (χ1) is 13.9. The van der Waals surface area contributed by atoms with Crippen LogP contribution in [0.15, 0.2) is 30.6 Å². The Labute approximate surface area is 167 Å². The summed E-state index contributed by atoms with van der Waals surface area (Å²) in [6, 6.07) is 5.22. The molecule has 0 aromatic carbocycles. The van der Waals surface area contributed by atoms with E-state index in [1.807, 2.05) is 12.1 Å². The average molecular weight is 393 g/mol. The molecule has 0 saturated carbocycles. The number of likely N-dealkylation sites (tertiary alicyclic amines) is 1. The lowest BCUT2D eigenvalue weighted by Gasteiger charge is -2.37. The van der Waals surface area contributed by atoms with Gasteiger partial charge < -0.3 is 16.0 Å². The van der Waals surface area contributed by atoms with Crippen molar-refractivity contribution in [2.24, 2.45) is 5.92 Å². The van der Waals surface area contributed by atoms with E-state index in [-0.39, 0.29) is 6.04 Å². The summed E-state index contributed by atoms with van der Waals surface area (Å²) in [5, 5.41) is 9.50. The molecule has 1 fully saturated rings. The van der Waals surface area contributed by atoms with E-state index >= 15 is 0 Å². The number of anilines is 2. The Morgan fingerprint density at radius 3 is 2.90 bits per heavy atom. The van der Waals surface area contributed by atoms with Crippen molar-refractivity contribution in [3.05, 3.63) is 41.9 Å². The van der Waals surface area contributed by atoms with Gasteiger partial charge in [0.15, 0.2) is 0 Å². The number of aromatic nitrogens is 4. The molecule has 4 N–H and O–H groups in total. The second-order valence-corrected chi connectivity index (χ2v) is 7.58.